The second-order valence-electron chi connectivity index (χ2n) is 2.41. The smallest absolute Gasteiger partial charge is 0.0515 e. The molecule has 0 aromatic carbocycles. The Morgan fingerprint density at radius 1 is 1.30 bits per heavy atom. The fourth-order valence-electron chi connectivity index (χ4n) is 0.648. The molecule has 0 spiro atoms. The normalized spacial score (nSPS) is 14.3. The van der Waals surface area contributed by atoms with E-state index in [9.17, 15) is 0 Å². The van der Waals surface area contributed by atoms with E-state index in [1.165, 1.54) is 0 Å². The van der Waals surface area contributed by atoms with E-state index in [1.807, 2.05) is 12.2 Å². The summed E-state index contributed by atoms with van der Waals surface area (Å²) in [5.41, 5.74) is 0. The highest BCUT2D eigenvalue weighted by molar-refractivity contribution is 4.81. The summed E-state index contributed by atoms with van der Waals surface area (Å²) in [6.07, 6.45) is 6.14. The van der Waals surface area contributed by atoms with E-state index in [2.05, 4.69) is 0 Å². The van der Waals surface area contributed by atoms with Crippen molar-refractivity contribution in [2.24, 2.45) is 0 Å². The zero-order chi connectivity index (χ0) is 7.82. The van der Waals surface area contributed by atoms with Gasteiger partial charge >= 0.3 is 0 Å². The lowest BCUT2D eigenvalue weighted by Gasteiger charge is -1.97. The van der Waals surface area contributed by atoms with Gasteiger partial charge in [-0.15, -0.1) is 0 Å². The molecule has 0 saturated heterocycles. The van der Waals surface area contributed by atoms with Gasteiger partial charge < -0.3 is 10.2 Å². The molecule has 0 bridgehead atoms. The first-order valence-corrected chi connectivity index (χ1v) is 3.71. The summed E-state index contributed by atoms with van der Waals surface area (Å²) in [7, 11) is 0. The lowest BCUT2D eigenvalue weighted by atomic mass is 10.2. The van der Waals surface area contributed by atoms with E-state index < -0.39 is 0 Å². The minimum Gasteiger partial charge on any atom is -0.396 e. The van der Waals surface area contributed by atoms with E-state index in [1.54, 1.807) is 6.92 Å². The van der Waals surface area contributed by atoms with Crippen molar-refractivity contribution in [2.75, 3.05) is 6.61 Å². The van der Waals surface area contributed by atoms with Crippen LogP contribution in [0.25, 0.3) is 0 Å². The largest absolute Gasteiger partial charge is 0.396 e. The first kappa shape index (κ1) is 9.66. The zero-order valence-corrected chi connectivity index (χ0v) is 6.45. The van der Waals surface area contributed by atoms with Crippen molar-refractivity contribution in [3.05, 3.63) is 12.2 Å². The third-order valence-corrected chi connectivity index (χ3v) is 1.21. The Morgan fingerprint density at radius 3 is 2.40 bits per heavy atom. The van der Waals surface area contributed by atoms with Crippen molar-refractivity contribution in [2.45, 2.75) is 32.3 Å². The number of aliphatic hydroxyl groups is 2. The van der Waals surface area contributed by atoms with Gasteiger partial charge in [0.1, 0.15) is 0 Å². The molecule has 10 heavy (non-hydrogen) atoms. The molecule has 0 fully saturated rings. The molecule has 0 radical (unpaired) electrons. The predicted octanol–water partition coefficient (Wildman–Crippen LogP) is 1.09. The van der Waals surface area contributed by atoms with Gasteiger partial charge in [0.2, 0.25) is 0 Å². The van der Waals surface area contributed by atoms with Gasteiger partial charge in [0.25, 0.3) is 0 Å². The van der Waals surface area contributed by atoms with Gasteiger partial charge in [0, 0.05) is 6.61 Å². The molecule has 2 heteroatoms. The second-order valence-corrected chi connectivity index (χ2v) is 2.41. The average molecular weight is 144 g/mol. The van der Waals surface area contributed by atoms with E-state index in [0.29, 0.717) is 0 Å². The molecule has 0 amide bonds. The Morgan fingerprint density at radius 2 is 1.90 bits per heavy atom. The highest BCUT2D eigenvalue weighted by atomic mass is 16.3. The van der Waals surface area contributed by atoms with Gasteiger partial charge in [-0.1, -0.05) is 12.2 Å². The summed E-state index contributed by atoms with van der Waals surface area (Å²) in [5, 5.41) is 17.2. The molecule has 60 valence electrons. The van der Waals surface area contributed by atoms with Gasteiger partial charge in [0.05, 0.1) is 6.10 Å². The Hall–Kier alpha value is -0.340. The van der Waals surface area contributed by atoms with Gasteiger partial charge in [-0.3, -0.25) is 0 Å². The minimum absolute atomic E-state index is 0.209. The fourth-order valence-corrected chi connectivity index (χ4v) is 0.648. The molecule has 2 N–H and O–H groups in total. The predicted molar refractivity (Wildman–Crippen MR) is 41.8 cm³/mol. The van der Waals surface area contributed by atoms with Crippen LogP contribution >= 0.6 is 0 Å². The third-order valence-electron chi connectivity index (χ3n) is 1.21. The fraction of sp³-hybridized carbons (Fsp3) is 0.750. The average Bonchev–Trinajstić information content (AvgIpc) is 1.87. The Bertz CT molecular complexity index is 87.3. The topological polar surface area (TPSA) is 40.5 Å². The molecule has 0 saturated carbocycles. The van der Waals surface area contributed by atoms with Gasteiger partial charge in [-0.2, -0.15) is 0 Å². The standard InChI is InChI=1S/C8H16O2/c1-8(10)6-4-2-3-5-7-9/h2-3,8-10H,4-7H2,1H3. The van der Waals surface area contributed by atoms with Gasteiger partial charge in [-0.05, 0) is 26.2 Å². The van der Waals surface area contributed by atoms with Gasteiger partial charge in [-0.25, -0.2) is 0 Å². The van der Waals surface area contributed by atoms with Crippen LogP contribution in [0, 0.1) is 0 Å². The molecule has 0 heterocycles. The van der Waals surface area contributed by atoms with Crippen LogP contribution in [0.2, 0.25) is 0 Å². The molecule has 0 aromatic heterocycles. The SMILES string of the molecule is CC(O)CCC=CCCO. The van der Waals surface area contributed by atoms with E-state index >= 15 is 0 Å². The monoisotopic (exact) mass is 144 g/mol. The minimum atomic E-state index is -0.209. The number of hydrogen-bond acceptors (Lipinski definition) is 2. The van der Waals surface area contributed by atoms with E-state index in [4.69, 9.17) is 10.2 Å². The van der Waals surface area contributed by atoms with Crippen molar-refractivity contribution in [1.82, 2.24) is 0 Å². The maximum atomic E-state index is 8.83. The summed E-state index contributed by atoms with van der Waals surface area (Å²) < 4.78 is 0. The Labute approximate surface area is 62.2 Å². The molecule has 1 unspecified atom stereocenters. The van der Waals surface area contributed by atoms with E-state index in [-0.39, 0.29) is 12.7 Å². The van der Waals surface area contributed by atoms with Crippen LogP contribution in [0.15, 0.2) is 12.2 Å². The van der Waals surface area contributed by atoms with Gasteiger partial charge in [0.15, 0.2) is 0 Å². The second kappa shape index (κ2) is 6.78. The maximum Gasteiger partial charge on any atom is 0.0515 e. The number of hydrogen-bond donors (Lipinski definition) is 2. The van der Waals surface area contributed by atoms with Crippen LogP contribution in [-0.4, -0.2) is 22.9 Å². The third kappa shape index (κ3) is 7.66. The van der Waals surface area contributed by atoms with Crippen LogP contribution in [0.4, 0.5) is 0 Å². The first-order valence-electron chi connectivity index (χ1n) is 3.71. The molecule has 0 aliphatic heterocycles. The summed E-state index contributed by atoms with van der Waals surface area (Å²) in [6, 6.07) is 0. The van der Waals surface area contributed by atoms with Crippen LogP contribution in [0.5, 0.6) is 0 Å². The number of allylic oxidation sites excluding steroid dienone is 1. The van der Waals surface area contributed by atoms with Crippen molar-refractivity contribution in [3.8, 4) is 0 Å². The van der Waals surface area contributed by atoms with E-state index in [0.717, 1.165) is 19.3 Å². The summed E-state index contributed by atoms with van der Waals surface area (Å²) >= 11 is 0. The molecule has 2 nitrogen and oxygen atoms in total. The molecule has 0 aromatic rings. The lowest BCUT2D eigenvalue weighted by Crippen LogP contribution is -1.96. The van der Waals surface area contributed by atoms with Crippen LogP contribution < -0.4 is 0 Å². The zero-order valence-electron chi connectivity index (χ0n) is 6.45. The Kier molecular flexibility index (Phi) is 6.55. The van der Waals surface area contributed by atoms with Crippen LogP contribution in [-0.2, 0) is 0 Å². The highest BCUT2D eigenvalue weighted by Gasteiger charge is 1.90. The highest BCUT2D eigenvalue weighted by Crippen LogP contribution is 1.96. The summed E-state index contributed by atoms with van der Waals surface area (Å²) in [6.45, 7) is 1.99. The van der Waals surface area contributed by atoms with Crippen molar-refractivity contribution in [1.29, 1.82) is 0 Å². The molecule has 0 rings (SSSR count). The van der Waals surface area contributed by atoms with Crippen molar-refractivity contribution < 1.29 is 10.2 Å². The van der Waals surface area contributed by atoms with Crippen molar-refractivity contribution in [3.63, 3.8) is 0 Å². The lowest BCUT2D eigenvalue weighted by molar-refractivity contribution is 0.186. The molecule has 0 aliphatic rings. The van der Waals surface area contributed by atoms with Crippen LogP contribution in [0.1, 0.15) is 26.2 Å². The molecular weight excluding hydrogens is 128 g/mol. The number of aliphatic hydroxyl groups excluding tert-OH is 2. The van der Waals surface area contributed by atoms with Crippen molar-refractivity contribution >= 4 is 0 Å². The molecular formula is C8H16O2. The molecule has 1 atom stereocenters. The maximum absolute atomic E-state index is 8.83. The summed E-state index contributed by atoms with van der Waals surface area (Å²) in [4.78, 5) is 0. The summed E-state index contributed by atoms with van der Waals surface area (Å²) in [5.74, 6) is 0. The quantitative estimate of drug-likeness (QED) is 0.567. The van der Waals surface area contributed by atoms with Crippen LogP contribution in [0.3, 0.4) is 0 Å². The molecule has 0 aliphatic carbocycles. The first-order chi connectivity index (χ1) is 4.77. The Balaban J connectivity index is 3.02. The number of rotatable bonds is 5.